The lowest BCUT2D eigenvalue weighted by Gasteiger charge is -2.32. The van der Waals surface area contributed by atoms with Crippen molar-refractivity contribution in [1.82, 2.24) is 15.0 Å². The zero-order valence-corrected chi connectivity index (χ0v) is 15.3. The average molecular weight is 408 g/mol. The van der Waals surface area contributed by atoms with Crippen LogP contribution >= 0.6 is 15.9 Å². The summed E-state index contributed by atoms with van der Waals surface area (Å²) in [6.07, 6.45) is 3.33. The molecule has 0 N–H and O–H groups in total. The van der Waals surface area contributed by atoms with Crippen molar-refractivity contribution in [2.24, 2.45) is 0 Å². The van der Waals surface area contributed by atoms with Crippen LogP contribution in [0.5, 0.6) is 0 Å². The van der Waals surface area contributed by atoms with Crippen LogP contribution < -0.4 is 0 Å². The molecule has 2 heterocycles. The van der Waals surface area contributed by atoms with E-state index in [4.69, 9.17) is 14.0 Å². The molecule has 1 amide bonds. The number of halogens is 1. The van der Waals surface area contributed by atoms with E-state index >= 15 is 0 Å². The number of morpholine rings is 1. The molecule has 7 nitrogen and oxygen atoms in total. The molecule has 1 aromatic carbocycles. The summed E-state index contributed by atoms with van der Waals surface area (Å²) in [6, 6.07) is 7.33. The SMILES string of the molecule is COCc1nc(C2COCCN2C(=O)C=Cc2ccccc2Br)no1. The van der Waals surface area contributed by atoms with Crippen LogP contribution in [0.3, 0.4) is 0 Å². The second kappa shape index (κ2) is 8.37. The largest absolute Gasteiger partial charge is 0.377 e. The summed E-state index contributed by atoms with van der Waals surface area (Å²) in [7, 11) is 1.55. The van der Waals surface area contributed by atoms with Gasteiger partial charge in [-0.1, -0.05) is 39.3 Å². The maximum absolute atomic E-state index is 12.7. The molecular formula is C17H18BrN3O4. The van der Waals surface area contributed by atoms with Gasteiger partial charge in [-0.25, -0.2) is 0 Å². The van der Waals surface area contributed by atoms with Gasteiger partial charge < -0.3 is 18.9 Å². The molecule has 0 saturated carbocycles. The summed E-state index contributed by atoms with van der Waals surface area (Å²) < 4.78 is 16.5. The van der Waals surface area contributed by atoms with E-state index < -0.39 is 0 Å². The Hall–Kier alpha value is -2.03. The lowest BCUT2D eigenvalue weighted by molar-refractivity contribution is -0.135. The second-order valence-electron chi connectivity index (χ2n) is 5.46. The number of benzene rings is 1. The minimum absolute atomic E-state index is 0.123. The van der Waals surface area contributed by atoms with Gasteiger partial charge >= 0.3 is 0 Å². The number of carbonyl (C=O) groups excluding carboxylic acids is 1. The fourth-order valence-corrected chi connectivity index (χ4v) is 2.95. The minimum atomic E-state index is -0.375. The molecule has 1 fully saturated rings. The highest BCUT2D eigenvalue weighted by atomic mass is 79.9. The van der Waals surface area contributed by atoms with Gasteiger partial charge in [-0.05, 0) is 17.7 Å². The topological polar surface area (TPSA) is 77.7 Å². The number of methoxy groups -OCH3 is 1. The van der Waals surface area contributed by atoms with E-state index in [2.05, 4.69) is 26.1 Å². The molecule has 3 rings (SSSR count). The second-order valence-corrected chi connectivity index (χ2v) is 6.31. The first-order chi connectivity index (χ1) is 12.2. The Kier molecular flexibility index (Phi) is 5.95. The van der Waals surface area contributed by atoms with Crippen molar-refractivity contribution in [2.45, 2.75) is 12.6 Å². The molecule has 8 heteroatoms. The maximum atomic E-state index is 12.7. The van der Waals surface area contributed by atoms with Crippen LogP contribution in [-0.4, -0.2) is 47.8 Å². The average Bonchev–Trinajstić information content (AvgIpc) is 3.10. The predicted molar refractivity (Wildman–Crippen MR) is 93.5 cm³/mol. The van der Waals surface area contributed by atoms with E-state index in [1.54, 1.807) is 24.2 Å². The number of hydrogen-bond donors (Lipinski definition) is 0. The first-order valence-electron chi connectivity index (χ1n) is 7.81. The Morgan fingerprint density at radius 2 is 2.32 bits per heavy atom. The quantitative estimate of drug-likeness (QED) is 0.708. The lowest BCUT2D eigenvalue weighted by atomic mass is 10.2. The van der Waals surface area contributed by atoms with Crippen LogP contribution in [0.1, 0.15) is 23.3 Å². The van der Waals surface area contributed by atoms with Crippen molar-refractivity contribution < 1.29 is 18.8 Å². The third-order valence-electron chi connectivity index (χ3n) is 3.77. The van der Waals surface area contributed by atoms with Gasteiger partial charge in [-0.3, -0.25) is 4.79 Å². The number of hydrogen-bond acceptors (Lipinski definition) is 6. The van der Waals surface area contributed by atoms with Gasteiger partial charge in [-0.15, -0.1) is 0 Å². The number of carbonyl (C=O) groups is 1. The lowest BCUT2D eigenvalue weighted by Crippen LogP contribution is -2.43. The molecule has 132 valence electrons. The molecule has 1 aliphatic rings. The zero-order chi connectivity index (χ0) is 17.6. The van der Waals surface area contributed by atoms with E-state index in [1.807, 2.05) is 24.3 Å². The Morgan fingerprint density at radius 1 is 1.48 bits per heavy atom. The summed E-state index contributed by atoms with van der Waals surface area (Å²) in [4.78, 5) is 18.6. The smallest absolute Gasteiger partial charge is 0.252 e. The van der Waals surface area contributed by atoms with Crippen molar-refractivity contribution in [3.63, 3.8) is 0 Å². The van der Waals surface area contributed by atoms with Crippen LogP contribution in [0, 0.1) is 0 Å². The van der Waals surface area contributed by atoms with Crippen molar-refractivity contribution in [3.8, 4) is 0 Å². The van der Waals surface area contributed by atoms with Crippen LogP contribution in [0.4, 0.5) is 0 Å². The molecule has 1 atom stereocenters. The molecule has 2 aromatic rings. The van der Waals surface area contributed by atoms with Gasteiger partial charge in [0, 0.05) is 24.2 Å². The van der Waals surface area contributed by atoms with E-state index in [0.717, 1.165) is 10.0 Å². The molecule has 1 saturated heterocycles. The molecule has 0 bridgehead atoms. The standard InChI is InChI=1S/C17H18BrN3O4/c1-23-11-15-19-17(20-25-15)14-10-24-9-8-21(14)16(22)7-6-12-4-2-3-5-13(12)18/h2-7,14H,8-11H2,1H3. The number of amides is 1. The summed E-state index contributed by atoms with van der Waals surface area (Å²) in [6.45, 7) is 1.52. The van der Waals surface area contributed by atoms with Gasteiger partial charge in [0.1, 0.15) is 12.6 Å². The molecular weight excluding hydrogens is 390 g/mol. The summed E-state index contributed by atoms with van der Waals surface area (Å²) in [5.74, 6) is 0.677. The first kappa shape index (κ1) is 17.8. The van der Waals surface area contributed by atoms with Crippen molar-refractivity contribution in [2.75, 3.05) is 26.9 Å². The normalized spacial score (nSPS) is 18.0. The molecule has 1 aliphatic heterocycles. The summed E-state index contributed by atoms with van der Waals surface area (Å²) in [5.41, 5.74) is 0.933. The number of nitrogens with zero attached hydrogens (tertiary/aromatic N) is 3. The van der Waals surface area contributed by atoms with Crippen molar-refractivity contribution in [3.05, 3.63) is 52.1 Å². The highest BCUT2D eigenvalue weighted by Crippen LogP contribution is 2.23. The third kappa shape index (κ3) is 4.33. The highest BCUT2D eigenvalue weighted by molar-refractivity contribution is 9.10. The van der Waals surface area contributed by atoms with Crippen molar-refractivity contribution >= 4 is 27.9 Å². The van der Waals surface area contributed by atoms with Crippen LogP contribution in [0.2, 0.25) is 0 Å². The fraction of sp³-hybridized carbons (Fsp3) is 0.353. The Balaban J connectivity index is 1.75. The van der Waals surface area contributed by atoms with E-state index in [9.17, 15) is 4.79 Å². The van der Waals surface area contributed by atoms with Crippen LogP contribution in [0.25, 0.3) is 6.08 Å². The van der Waals surface area contributed by atoms with Gasteiger partial charge in [0.05, 0.1) is 13.2 Å². The van der Waals surface area contributed by atoms with Crippen LogP contribution in [0.15, 0.2) is 39.3 Å². The third-order valence-corrected chi connectivity index (χ3v) is 4.49. The predicted octanol–water partition coefficient (Wildman–Crippen LogP) is 2.59. The fourth-order valence-electron chi connectivity index (χ4n) is 2.53. The Bertz CT molecular complexity index is 762. The monoisotopic (exact) mass is 407 g/mol. The summed E-state index contributed by atoms with van der Waals surface area (Å²) in [5, 5.41) is 3.95. The van der Waals surface area contributed by atoms with Gasteiger partial charge in [0.15, 0.2) is 5.82 Å². The number of aromatic nitrogens is 2. The minimum Gasteiger partial charge on any atom is -0.377 e. The van der Waals surface area contributed by atoms with E-state index in [1.165, 1.54) is 0 Å². The molecule has 25 heavy (non-hydrogen) atoms. The number of ether oxygens (including phenoxy) is 2. The van der Waals surface area contributed by atoms with E-state index in [-0.39, 0.29) is 18.6 Å². The van der Waals surface area contributed by atoms with Crippen LogP contribution in [-0.2, 0) is 20.9 Å². The van der Waals surface area contributed by atoms with E-state index in [0.29, 0.717) is 31.5 Å². The zero-order valence-electron chi connectivity index (χ0n) is 13.7. The first-order valence-corrected chi connectivity index (χ1v) is 8.60. The highest BCUT2D eigenvalue weighted by Gasteiger charge is 2.31. The van der Waals surface area contributed by atoms with Crippen molar-refractivity contribution in [1.29, 1.82) is 0 Å². The Morgan fingerprint density at radius 3 is 3.12 bits per heavy atom. The summed E-state index contributed by atoms with van der Waals surface area (Å²) >= 11 is 3.47. The van der Waals surface area contributed by atoms with Gasteiger partial charge in [0.25, 0.3) is 5.89 Å². The molecule has 0 radical (unpaired) electrons. The molecule has 1 aromatic heterocycles. The Labute approximate surface area is 153 Å². The van der Waals surface area contributed by atoms with Gasteiger partial charge in [0.2, 0.25) is 5.91 Å². The van der Waals surface area contributed by atoms with Gasteiger partial charge in [-0.2, -0.15) is 4.98 Å². The molecule has 1 unspecified atom stereocenters. The molecule has 0 aliphatic carbocycles. The maximum Gasteiger partial charge on any atom is 0.252 e. The number of rotatable bonds is 5. The molecule has 0 spiro atoms.